The number of piperidine rings is 1. The van der Waals surface area contributed by atoms with E-state index in [1.807, 2.05) is 6.92 Å². The van der Waals surface area contributed by atoms with E-state index < -0.39 is 15.9 Å². The molecule has 0 aliphatic carbocycles. The highest BCUT2D eigenvalue weighted by Crippen LogP contribution is 2.28. The first-order chi connectivity index (χ1) is 11.0. The molecule has 0 aromatic carbocycles. The molecule has 124 valence electrons. The fraction of sp³-hybridized carbons (Fsp3) is 0.462. The van der Waals surface area contributed by atoms with Crippen LogP contribution in [-0.2, 0) is 14.8 Å². The zero-order valence-electron chi connectivity index (χ0n) is 12.5. The molecule has 3 rings (SSSR count). The lowest BCUT2D eigenvalue weighted by atomic mass is 9.99. The second kappa shape index (κ2) is 6.38. The number of hydrogen-bond acceptors (Lipinski definition) is 6. The average molecular weight is 355 g/mol. The van der Waals surface area contributed by atoms with Crippen molar-refractivity contribution in [2.75, 3.05) is 18.4 Å². The van der Waals surface area contributed by atoms with Gasteiger partial charge in [-0.05, 0) is 31.9 Å². The number of rotatable bonds is 4. The second-order valence-corrected chi connectivity index (χ2v) is 8.84. The Morgan fingerprint density at radius 3 is 2.96 bits per heavy atom. The Morgan fingerprint density at radius 2 is 2.30 bits per heavy atom. The lowest BCUT2D eigenvalue weighted by Crippen LogP contribution is -2.43. The molecule has 8 nitrogen and oxygen atoms in total. The molecular weight excluding hydrogens is 338 g/mol. The number of sulfonamides is 1. The van der Waals surface area contributed by atoms with Gasteiger partial charge in [0.25, 0.3) is 10.0 Å². The van der Waals surface area contributed by atoms with Gasteiger partial charge in [-0.3, -0.25) is 10.1 Å². The van der Waals surface area contributed by atoms with Gasteiger partial charge < -0.3 is 0 Å². The maximum atomic E-state index is 12.7. The van der Waals surface area contributed by atoms with Crippen LogP contribution >= 0.6 is 11.3 Å². The number of nitrogens with zero attached hydrogens (tertiary/aromatic N) is 3. The summed E-state index contributed by atoms with van der Waals surface area (Å²) in [5.74, 6) is -0.377. The predicted octanol–water partition coefficient (Wildman–Crippen LogP) is 1.21. The van der Waals surface area contributed by atoms with E-state index in [2.05, 4.69) is 20.5 Å². The summed E-state index contributed by atoms with van der Waals surface area (Å²) in [7, 11) is -3.53. The van der Waals surface area contributed by atoms with Gasteiger partial charge in [-0.2, -0.15) is 14.4 Å². The van der Waals surface area contributed by atoms with Crippen molar-refractivity contribution < 1.29 is 13.2 Å². The number of aromatic nitrogens is 3. The third-order valence-corrected chi connectivity index (χ3v) is 7.05. The van der Waals surface area contributed by atoms with Crippen LogP contribution in [0, 0.1) is 12.8 Å². The van der Waals surface area contributed by atoms with E-state index in [1.165, 1.54) is 22.0 Å². The average Bonchev–Trinajstić information content (AvgIpc) is 3.19. The molecule has 0 unspecified atom stereocenters. The minimum atomic E-state index is -3.53. The van der Waals surface area contributed by atoms with Crippen LogP contribution in [-0.4, -0.2) is 46.9 Å². The van der Waals surface area contributed by atoms with Gasteiger partial charge in [-0.25, -0.2) is 13.5 Å². The third-order valence-electron chi connectivity index (χ3n) is 3.72. The molecule has 2 aromatic heterocycles. The zero-order chi connectivity index (χ0) is 16.4. The number of carbonyl (C=O) groups excluding carboxylic acids is 1. The standard InChI is InChI=1S/C13H17N5O3S2/c1-9-4-5-11(22-9)23(20,21)18-6-2-3-10(7-18)12(19)16-13-14-8-15-17-13/h4-5,8,10H,2-3,6-7H2,1H3,(H2,14,15,16,17,19)/t10-/m0/s1. The summed E-state index contributed by atoms with van der Waals surface area (Å²) in [6.07, 6.45) is 2.60. The monoisotopic (exact) mass is 355 g/mol. The zero-order valence-corrected chi connectivity index (χ0v) is 14.2. The van der Waals surface area contributed by atoms with Crippen LogP contribution in [0.25, 0.3) is 0 Å². The summed E-state index contributed by atoms with van der Waals surface area (Å²) in [4.78, 5) is 17.0. The fourth-order valence-corrected chi connectivity index (χ4v) is 5.50. The number of aryl methyl sites for hydroxylation is 1. The quantitative estimate of drug-likeness (QED) is 0.857. The Hall–Kier alpha value is -1.78. The predicted molar refractivity (Wildman–Crippen MR) is 85.6 cm³/mol. The molecule has 0 radical (unpaired) electrons. The van der Waals surface area contributed by atoms with Crippen LogP contribution in [0.4, 0.5) is 5.95 Å². The van der Waals surface area contributed by atoms with Crippen molar-refractivity contribution in [3.8, 4) is 0 Å². The van der Waals surface area contributed by atoms with Gasteiger partial charge in [0, 0.05) is 18.0 Å². The number of anilines is 1. The summed E-state index contributed by atoms with van der Waals surface area (Å²) in [5, 5.41) is 8.84. The van der Waals surface area contributed by atoms with E-state index in [-0.39, 0.29) is 18.4 Å². The highest BCUT2D eigenvalue weighted by Gasteiger charge is 2.34. The number of hydrogen-bond donors (Lipinski definition) is 2. The van der Waals surface area contributed by atoms with E-state index in [4.69, 9.17) is 0 Å². The van der Waals surface area contributed by atoms with Gasteiger partial charge >= 0.3 is 0 Å². The van der Waals surface area contributed by atoms with Gasteiger partial charge in [0.1, 0.15) is 10.5 Å². The normalized spacial score (nSPS) is 19.6. The number of H-pyrrole nitrogens is 1. The van der Waals surface area contributed by atoms with E-state index in [0.29, 0.717) is 23.6 Å². The molecular formula is C13H17N5O3S2. The number of nitrogens with one attached hydrogen (secondary N) is 2. The number of thiophene rings is 1. The molecule has 1 fully saturated rings. The Balaban J connectivity index is 1.71. The van der Waals surface area contributed by atoms with Crippen LogP contribution in [0.15, 0.2) is 22.7 Å². The Morgan fingerprint density at radius 1 is 1.48 bits per heavy atom. The van der Waals surface area contributed by atoms with Gasteiger partial charge in [0.2, 0.25) is 11.9 Å². The van der Waals surface area contributed by atoms with E-state index in [0.717, 1.165) is 4.88 Å². The van der Waals surface area contributed by atoms with Crippen LogP contribution in [0.5, 0.6) is 0 Å². The summed E-state index contributed by atoms with van der Waals surface area (Å²) in [6.45, 7) is 2.48. The first-order valence-corrected chi connectivity index (χ1v) is 9.45. The summed E-state index contributed by atoms with van der Waals surface area (Å²) >= 11 is 1.25. The van der Waals surface area contributed by atoms with E-state index in [1.54, 1.807) is 12.1 Å². The molecule has 0 spiro atoms. The minimum absolute atomic E-state index is 0.180. The summed E-state index contributed by atoms with van der Waals surface area (Å²) in [6, 6.07) is 3.41. The number of aromatic amines is 1. The Labute approximate surface area is 138 Å². The molecule has 1 atom stereocenters. The second-order valence-electron chi connectivity index (χ2n) is 5.39. The van der Waals surface area contributed by atoms with Gasteiger partial charge in [-0.1, -0.05) is 0 Å². The molecule has 2 N–H and O–H groups in total. The first-order valence-electron chi connectivity index (χ1n) is 7.19. The largest absolute Gasteiger partial charge is 0.295 e. The molecule has 0 bridgehead atoms. The smallest absolute Gasteiger partial charge is 0.252 e. The summed E-state index contributed by atoms with van der Waals surface area (Å²) in [5.41, 5.74) is 0. The van der Waals surface area contributed by atoms with Crippen molar-refractivity contribution >= 4 is 33.2 Å². The van der Waals surface area contributed by atoms with E-state index in [9.17, 15) is 13.2 Å². The maximum Gasteiger partial charge on any atom is 0.252 e. The SMILES string of the molecule is Cc1ccc(S(=O)(=O)N2CCC[C@H](C(=O)Nc3ncn[nH]3)C2)s1. The highest BCUT2D eigenvalue weighted by molar-refractivity contribution is 7.91. The molecule has 1 saturated heterocycles. The lowest BCUT2D eigenvalue weighted by molar-refractivity contribution is -0.120. The third kappa shape index (κ3) is 3.43. The van der Waals surface area contributed by atoms with Gasteiger partial charge in [-0.15, -0.1) is 11.3 Å². The van der Waals surface area contributed by atoms with Crippen molar-refractivity contribution in [1.29, 1.82) is 0 Å². The Kier molecular flexibility index (Phi) is 4.46. The molecule has 0 saturated carbocycles. The van der Waals surface area contributed by atoms with Crippen molar-refractivity contribution in [1.82, 2.24) is 19.5 Å². The lowest BCUT2D eigenvalue weighted by Gasteiger charge is -2.30. The minimum Gasteiger partial charge on any atom is -0.295 e. The highest BCUT2D eigenvalue weighted by atomic mass is 32.2. The summed E-state index contributed by atoms with van der Waals surface area (Å²) < 4.78 is 27.0. The molecule has 23 heavy (non-hydrogen) atoms. The molecule has 1 aliphatic rings. The number of carbonyl (C=O) groups is 1. The van der Waals surface area contributed by atoms with Crippen molar-refractivity contribution in [2.24, 2.45) is 5.92 Å². The molecule has 1 amide bonds. The van der Waals surface area contributed by atoms with Crippen LogP contribution in [0.2, 0.25) is 0 Å². The molecule has 3 heterocycles. The molecule has 1 aliphatic heterocycles. The topological polar surface area (TPSA) is 108 Å². The maximum absolute atomic E-state index is 12.7. The Bertz CT molecular complexity index is 784. The fourth-order valence-electron chi connectivity index (χ4n) is 2.54. The molecule has 10 heteroatoms. The van der Waals surface area contributed by atoms with E-state index >= 15 is 0 Å². The molecule has 2 aromatic rings. The van der Waals surface area contributed by atoms with Gasteiger partial charge in [0.05, 0.1) is 5.92 Å². The number of amides is 1. The van der Waals surface area contributed by atoms with Crippen LogP contribution < -0.4 is 5.32 Å². The van der Waals surface area contributed by atoms with Crippen molar-refractivity contribution in [3.63, 3.8) is 0 Å². The van der Waals surface area contributed by atoms with Gasteiger partial charge in [0.15, 0.2) is 0 Å². The van der Waals surface area contributed by atoms with Crippen LogP contribution in [0.3, 0.4) is 0 Å². The van der Waals surface area contributed by atoms with Crippen LogP contribution in [0.1, 0.15) is 17.7 Å². The van der Waals surface area contributed by atoms with Crippen molar-refractivity contribution in [3.05, 3.63) is 23.3 Å². The first kappa shape index (κ1) is 16.1. The van der Waals surface area contributed by atoms with Crippen molar-refractivity contribution in [2.45, 2.75) is 24.0 Å².